The summed E-state index contributed by atoms with van der Waals surface area (Å²) < 4.78 is 1.87. The molecule has 4 nitrogen and oxygen atoms in total. The van der Waals surface area contributed by atoms with Crippen LogP contribution in [0.15, 0.2) is 35.4 Å². The summed E-state index contributed by atoms with van der Waals surface area (Å²) in [7, 11) is 1.96. The molecule has 2 rings (SSSR count). The van der Waals surface area contributed by atoms with E-state index in [-0.39, 0.29) is 6.61 Å². The van der Waals surface area contributed by atoms with Crippen LogP contribution < -0.4 is 5.32 Å². The maximum absolute atomic E-state index is 8.78. The lowest BCUT2D eigenvalue weighted by Gasteiger charge is -2.07. The second kappa shape index (κ2) is 8.10. The molecule has 0 aliphatic heterocycles. The highest BCUT2D eigenvalue weighted by molar-refractivity contribution is 7.99. The third-order valence-electron chi connectivity index (χ3n) is 3.24. The summed E-state index contributed by atoms with van der Waals surface area (Å²) in [5.74, 6) is 0.957. The molecule has 5 heteroatoms. The summed E-state index contributed by atoms with van der Waals surface area (Å²) in [5, 5.41) is 16.7. The smallest absolute Gasteiger partial charge is 0.0671 e. The fourth-order valence-corrected chi connectivity index (χ4v) is 2.99. The van der Waals surface area contributed by atoms with Crippen LogP contribution in [0.2, 0.25) is 0 Å². The van der Waals surface area contributed by atoms with Crippen molar-refractivity contribution >= 4 is 17.4 Å². The van der Waals surface area contributed by atoms with Gasteiger partial charge in [0.05, 0.1) is 5.69 Å². The van der Waals surface area contributed by atoms with Crippen molar-refractivity contribution in [1.82, 2.24) is 9.78 Å². The van der Waals surface area contributed by atoms with E-state index in [2.05, 4.69) is 47.8 Å². The van der Waals surface area contributed by atoms with Gasteiger partial charge in [0.1, 0.15) is 0 Å². The molecule has 0 bridgehead atoms. The van der Waals surface area contributed by atoms with Crippen LogP contribution in [0.3, 0.4) is 0 Å². The summed E-state index contributed by atoms with van der Waals surface area (Å²) in [5.41, 5.74) is 3.52. The number of anilines is 1. The lowest BCUT2D eigenvalue weighted by atomic mass is 10.2. The monoisotopic (exact) mass is 305 g/mol. The van der Waals surface area contributed by atoms with E-state index in [1.54, 1.807) is 11.8 Å². The zero-order valence-corrected chi connectivity index (χ0v) is 13.5. The van der Waals surface area contributed by atoms with Crippen LogP contribution in [-0.2, 0) is 20.0 Å². The Labute approximate surface area is 130 Å². The van der Waals surface area contributed by atoms with Gasteiger partial charge in [0, 0.05) is 48.3 Å². The van der Waals surface area contributed by atoms with Crippen molar-refractivity contribution in [1.29, 1.82) is 0 Å². The molecule has 1 aromatic carbocycles. The molecule has 21 heavy (non-hydrogen) atoms. The maximum atomic E-state index is 8.78. The average Bonchev–Trinajstić information content (AvgIpc) is 2.87. The molecule has 0 aliphatic rings. The minimum Gasteiger partial charge on any atom is -0.396 e. The van der Waals surface area contributed by atoms with Gasteiger partial charge >= 0.3 is 0 Å². The second-order valence-corrected chi connectivity index (χ2v) is 6.10. The van der Waals surface area contributed by atoms with Crippen molar-refractivity contribution < 1.29 is 5.11 Å². The summed E-state index contributed by atoms with van der Waals surface area (Å²) in [6, 6.07) is 8.44. The van der Waals surface area contributed by atoms with Gasteiger partial charge in [-0.1, -0.05) is 6.92 Å². The van der Waals surface area contributed by atoms with E-state index in [9.17, 15) is 0 Å². The SMILES string of the molecule is CCc1nn(C)cc1CNc1ccc(SCCCO)cc1. The highest BCUT2D eigenvalue weighted by atomic mass is 32.2. The van der Waals surface area contributed by atoms with Crippen molar-refractivity contribution in [3.05, 3.63) is 41.7 Å². The van der Waals surface area contributed by atoms with E-state index < -0.39 is 0 Å². The minimum absolute atomic E-state index is 0.261. The zero-order chi connectivity index (χ0) is 15.1. The number of nitrogens with zero attached hydrogens (tertiary/aromatic N) is 2. The Morgan fingerprint density at radius 1 is 1.29 bits per heavy atom. The van der Waals surface area contributed by atoms with Crippen LogP contribution in [0, 0.1) is 0 Å². The topological polar surface area (TPSA) is 50.1 Å². The van der Waals surface area contributed by atoms with Crippen LogP contribution in [0.1, 0.15) is 24.6 Å². The zero-order valence-electron chi connectivity index (χ0n) is 12.7. The molecular weight excluding hydrogens is 282 g/mol. The van der Waals surface area contributed by atoms with Crippen LogP contribution in [0.4, 0.5) is 5.69 Å². The maximum Gasteiger partial charge on any atom is 0.0671 e. The highest BCUT2D eigenvalue weighted by Gasteiger charge is 2.05. The largest absolute Gasteiger partial charge is 0.396 e. The number of hydrogen-bond donors (Lipinski definition) is 2. The Kier molecular flexibility index (Phi) is 6.14. The first-order valence-electron chi connectivity index (χ1n) is 7.32. The lowest BCUT2D eigenvalue weighted by molar-refractivity contribution is 0.296. The highest BCUT2D eigenvalue weighted by Crippen LogP contribution is 2.21. The summed E-state index contributed by atoms with van der Waals surface area (Å²) in [6.45, 7) is 3.19. The number of aryl methyl sites for hydroxylation is 2. The number of aliphatic hydroxyl groups is 1. The van der Waals surface area contributed by atoms with Gasteiger partial charge in [-0.05, 0) is 37.1 Å². The van der Waals surface area contributed by atoms with Crippen molar-refractivity contribution in [3.8, 4) is 0 Å². The normalized spacial score (nSPS) is 10.8. The third-order valence-corrected chi connectivity index (χ3v) is 4.33. The lowest BCUT2D eigenvalue weighted by Crippen LogP contribution is -2.00. The Bertz CT molecular complexity index is 551. The van der Waals surface area contributed by atoms with Gasteiger partial charge in [-0.25, -0.2) is 0 Å². The van der Waals surface area contributed by atoms with Crippen molar-refractivity contribution in [2.75, 3.05) is 17.7 Å². The Morgan fingerprint density at radius 2 is 2.05 bits per heavy atom. The van der Waals surface area contributed by atoms with Gasteiger partial charge in [-0.3, -0.25) is 4.68 Å². The van der Waals surface area contributed by atoms with Gasteiger partial charge in [0.2, 0.25) is 0 Å². The molecule has 0 radical (unpaired) electrons. The number of benzene rings is 1. The Morgan fingerprint density at radius 3 is 2.71 bits per heavy atom. The van der Waals surface area contributed by atoms with E-state index in [1.165, 1.54) is 10.5 Å². The quantitative estimate of drug-likeness (QED) is 0.581. The first-order chi connectivity index (χ1) is 10.2. The van der Waals surface area contributed by atoms with Crippen molar-refractivity contribution in [2.45, 2.75) is 31.2 Å². The number of aliphatic hydroxyl groups excluding tert-OH is 1. The molecule has 0 atom stereocenters. The van der Waals surface area contributed by atoms with Gasteiger partial charge in [0.25, 0.3) is 0 Å². The Hall–Kier alpha value is -1.46. The van der Waals surface area contributed by atoms with Gasteiger partial charge in [0.15, 0.2) is 0 Å². The predicted molar refractivity (Wildman–Crippen MR) is 88.8 cm³/mol. The van der Waals surface area contributed by atoms with Crippen molar-refractivity contribution in [3.63, 3.8) is 0 Å². The van der Waals surface area contributed by atoms with Gasteiger partial charge < -0.3 is 10.4 Å². The minimum atomic E-state index is 0.261. The molecule has 0 aliphatic carbocycles. The first-order valence-corrected chi connectivity index (χ1v) is 8.30. The Balaban J connectivity index is 1.88. The van der Waals surface area contributed by atoms with Gasteiger partial charge in [-0.2, -0.15) is 5.10 Å². The summed E-state index contributed by atoms with van der Waals surface area (Å²) >= 11 is 1.78. The first kappa shape index (κ1) is 15.9. The van der Waals surface area contributed by atoms with Gasteiger partial charge in [-0.15, -0.1) is 11.8 Å². The molecule has 1 heterocycles. The number of hydrogen-bond acceptors (Lipinski definition) is 4. The molecule has 2 N–H and O–H groups in total. The number of thioether (sulfide) groups is 1. The fourth-order valence-electron chi connectivity index (χ4n) is 2.15. The van der Waals surface area contributed by atoms with Crippen molar-refractivity contribution in [2.24, 2.45) is 7.05 Å². The van der Waals surface area contributed by atoms with E-state index in [1.807, 2.05) is 11.7 Å². The molecule has 0 amide bonds. The summed E-state index contributed by atoms with van der Waals surface area (Å²) in [6.07, 6.45) is 3.87. The van der Waals surface area contributed by atoms with E-state index in [0.717, 1.165) is 36.5 Å². The average molecular weight is 305 g/mol. The number of rotatable bonds is 8. The van der Waals surface area contributed by atoms with Crippen LogP contribution in [0.5, 0.6) is 0 Å². The van der Waals surface area contributed by atoms with Crippen LogP contribution in [0.25, 0.3) is 0 Å². The third kappa shape index (κ3) is 4.79. The van der Waals surface area contributed by atoms with Crippen LogP contribution in [-0.4, -0.2) is 27.2 Å². The molecule has 0 saturated heterocycles. The number of nitrogens with one attached hydrogen (secondary N) is 1. The summed E-state index contributed by atoms with van der Waals surface area (Å²) in [4.78, 5) is 1.24. The van der Waals surface area contributed by atoms with Crippen LogP contribution >= 0.6 is 11.8 Å². The standard InChI is InChI=1S/C16H23N3OS/c1-3-16-13(12-19(2)18-16)11-17-14-5-7-15(8-6-14)21-10-4-9-20/h5-8,12,17,20H,3-4,9-11H2,1-2H3. The number of aromatic nitrogens is 2. The molecule has 0 spiro atoms. The molecular formula is C16H23N3OS. The fraction of sp³-hybridized carbons (Fsp3) is 0.438. The second-order valence-electron chi connectivity index (χ2n) is 4.93. The molecule has 2 aromatic rings. The van der Waals surface area contributed by atoms with E-state index in [0.29, 0.717) is 0 Å². The molecule has 1 aromatic heterocycles. The predicted octanol–water partition coefficient (Wildman–Crippen LogP) is 3.07. The molecule has 0 saturated carbocycles. The molecule has 0 fully saturated rings. The van der Waals surface area contributed by atoms with E-state index in [4.69, 9.17) is 5.11 Å². The molecule has 114 valence electrons. The molecule has 0 unspecified atom stereocenters. The van der Waals surface area contributed by atoms with E-state index >= 15 is 0 Å².